The van der Waals surface area contributed by atoms with Crippen LogP contribution in [0.25, 0.3) is 0 Å². The van der Waals surface area contributed by atoms with E-state index in [0.29, 0.717) is 6.42 Å². The molecule has 6 nitrogen and oxygen atoms in total. The number of amides is 3. The maximum Gasteiger partial charge on any atom is 0.314 e. The molecule has 74 valence electrons. The van der Waals surface area contributed by atoms with Crippen molar-refractivity contribution in [2.24, 2.45) is 5.41 Å². The molecule has 1 aliphatic heterocycles. The zero-order valence-electron chi connectivity index (χ0n) is 7.39. The van der Waals surface area contributed by atoms with Crippen LogP contribution in [0, 0.1) is 5.41 Å². The van der Waals surface area contributed by atoms with Gasteiger partial charge in [0.25, 0.3) is 5.91 Å². The second-order valence-corrected chi connectivity index (χ2v) is 3.11. The molecule has 13 heavy (non-hydrogen) atoms. The largest absolute Gasteiger partial charge is 0.337 e. The van der Waals surface area contributed by atoms with Gasteiger partial charge < -0.3 is 10.6 Å². The van der Waals surface area contributed by atoms with Crippen molar-refractivity contribution in [1.82, 2.24) is 16.1 Å². The van der Waals surface area contributed by atoms with E-state index >= 15 is 0 Å². The molecule has 0 aromatic carbocycles. The maximum absolute atomic E-state index is 11.3. The van der Waals surface area contributed by atoms with Crippen LogP contribution in [0.15, 0.2) is 0 Å². The fourth-order valence-corrected chi connectivity index (χ4v) is 1.31. The van der Waals surface area contributed by atoms with Gasteiger partial charge in [0.1, 0.15) is 0 Å². The first-order valence-corrected chi connectivity index (χ1v) is 4.11. The number of carbonyl (C=O) groups excluding carboxylic acids is 2. The van der Waals surface area contributed by atoms with Crippen molar-refractivity contribution in [2.45, 2.75) is 13.3 Å². The Bertz CT molecular complexity index is 219. The first-order valence-electron chi connectivity index (χ1n) is 4.11. The van der Waals surface area contributed by atoms with Crippen LogP contribution in [0.3, 0.4) is 0 Å². The molecule has 3 amide bonds. The van der Waals surface area contributed by atoms with Crippen molar-refractivity contribution in [3.63, 3.8) is 0 Å². The third-order valence-electron chi connectivity index (χ3n) is 2.43. The number of hydrogen-bond donors (Lipinski definition) is 4. The Morgan fingerprint density at radius 1 is 1.62 bits per heavy atom. The highest BCUT2D eigenvalue weighted by Gasteiger charge is 2.39. The Hall–Kier alpha value is -1.30. The summed E-state index contributed by atoms with van der Waals surface area (Å²) in [5.74, 6) is -0.470. The number of rotatable bonds is 2. The van der Waals surface area contributed by atoms with Crippen molar-refractivity contribution in [1.29, 1.82) is 0 Å². The second kappa shape index (κ2) is 3.61. The summed E-state index contributed by atoms with van der Waals surface area (Å²) in [6.45, 7) is 2.33. The van der Waals surface area contributed by atoms with Crippen LogP contribution < -0.4 is 16.1 Å². The predicted octanol–water partition coefficient (Wildman–Crippen LogP) is -0.799. The second-order valence-electron chi connectivity index (χ2n) is 3.11. The number of urea groups is 1. The molecule has 0 spiro atoms. The molecule has 1 aliphatic rings. The van der Waals surface area contributed by atoms with E-state index in [1.807, 2.05) is 6.92 Å². The standard InChI is InChI=1S/C7H13N3O3/c1-2-7(5(11)10-13)3-8-6(12)9-4-7/h13H,2-4H2,1H3,(H,10,11)(H2,8,9,12). The van der Waals surface area contributed by atoms with Crippen molar-refractivity contribution < 1.29 is 14.8 Å². The Balaban J connectivity index is 2.71. The molecule has 1 fully saturated rings. The molecule has 0 radical (unpaired) electrons. The van der Waals surface area contributed by atoms with Crippen molar-refractivity contribution in [3.8, 4) is 0 Å². The molecule has 0 atom stereocenters. The molecule has 0 saturated carbocycles. The van der Waals surface area contributed by atoms with Crippen LogP contribution in [0.1, 0.15) is 13.3 Å². The summed E-state index contributed by atoms with van der Waals surface area (Å²) in [5.41, 5.74) is 0.878. The molecule has 1 rings (SSSR count). The minimum Gasteiger partial charge on any atom is -0.337 e. The quantitative estimate of drug-likeness (QED) is 0.337. The maximum atomic E-state index is 11.3. The van der Waals surface area contributed by atoms with E-state index in [1.165, 1.54) is 0 Å². The summed E-state index contributed by atoms with van der Waals surface area (Å²) in [7, 11) is 0. The van der Waals surface area contributed by atoms with Crippen molar-refractivity contribution >= 4 is 11.9 Å². The summed E-state index contributed by atoms with van der Waals surface area (Å²) in [6, 6.07) is -0.283. The molecule has 4 N–H and O–H groups in total. The minimum atomic E-state index is -0.733. The van der Waals surface area contributed by atoms with Gasteiger partial charge in [0.2, 0.25) is 0 Å². The van der Waals surface area contributed by atoms with Crippen LogP contribution in [0.5, 0.6) is 0 Å². The molecule has 1 saturated heterocycles. The topological polar surface area (TPSA) is 90.5 Å². The van der Waals surface area contributed by atoms with Gasteiger partial charge in [0.15, 0.2) is 0 Å². The molecule has 0 aliphatic carbocycles. The number of carbonyl (C=O) groups is 2. The van der Waals surface area contributed by atoms with Crippen LogP contribution >= 0.6 is 0 Å². The summed E-state index contributed by atoms with van der Waals surface area (Å²) >= 11 is 0. The highest BCUT2D eigenvalue weighted by atomic mass is 16.5. The van der Waals surface area contributed by atoms with E-state index in [4.69, 9.17) is 5.21 Å². The molecule has 0 bridgehead atoms. The van der Waals surface area contributed by atoms with Crippen LogP contribution in [0.2, 0.25) is 0 Å². The van der Waals surface area contributed by atoms with Crippen LogP contribution in [-0.2, 0) is 4.79 Å². The van der Waals surface area contributed by atoms with Gasteiger partial charge in [-0.25, -0.2) is 10.3 Å². The highest BCUT2D eigenvalue weighted by Crippen LogP contribution is 2.21. The zero-order chi connectivity index (χ0) is 9.90. The lowest BCUT2D eigenvalue weighted by atomic mass is 9.83. The van der Waals surface area contributed by atoms with Gasteiger partial charge in [-0.05, 0) is 6.42 Å². The van der Waals surface area contributed by atoms with Gasteiger partial charge in [0, 0.05) is 13.1 Å². The number of hydroxylamine groups is 1. The third-order valence-corrected chi connectivity index (χ3v) is 2.43. The van der Waals surface area contributed by atoms with Gasteiger partial charge in [-0.2, -0.15) is 0 Å². The van der Waals surface area contributed by atoms with Crippen LogP contribution in [-0.4, -0.2) is 30.2 Å². The third kappa shape index (κ3) is 1.72. The van der Waals surface area contributed by atoms with Gasteiger partial charge in [-0.3, -0.25) is 10.0 Å². The van der Waals surface area contributed by atoms with Gasteiger partial charge in [0.05, 0.1) is 5.41 Å². The van der Waals surface area contributed by atoms with E-state index in [0.717, 1.165) is 0 Å². The first kappa shape index (κ1) is 9.79. The minimum absolute atomic E-state index is 0.252. The monoisotopic (exact) mass is 187 g/mol. The Morgan fingerprint density at radius 3 is 2.54 bits per heavy atom. The fourth-order valence-electron chi connectivity index (χ4n) is 1.31. The van der Waals surface area contributed by atoms with E-state index in [9.17, 15) is 9.59 Å². The molecule has 0 unspecified atom stereocenters. The van der Waals surface area contributed by atoms with E-state index in [-0.39, 0.29) is 19.1 Å². The number of nitrogens with one attached hydrogen (secondary N) is 3. The lowest BCUT2D eigenvalue weighted by Crippen LogP contribution is -2.60. The summed E-state index contributed by atoms with van der Waals surface area (Å²) < 4.78 is 0. The SMILES string of the molecule is CCC1(C(=O)NO)CNC(=O)NC1. The molecular formula is C7H13N3O3. The number of hydrogen-bond acceptors (Lipinski definition) is 3. The Kier molecular flexibility index (Phi) is 2.72. The van der Waals surface area contributed by atoms with Gasteiger partial charge in [-0.15, -0.1) is 0 Å². The van der Waals surface area contributed by atoms with E-state index < -0.39 is 11.3 Å². The Morgan fingerprint density at radius 2 is 2.15 bits per heavy atom. The van der Waals surface area contributed by atoms with Gasteiger partial charge in [-0.1, -0.05) is 6.92 Å². The van der Waals surface area contributed by atoms with Crippen molar-refractivity contribution in [2.75, 3.05) is 13.1 Å². The van der Waals surface area contributed by atoms with E-state index in [1.54, 1.807) is 5.48 Å². The molecular weight excluding hydrogens is 174 g/mol. The van der Waals surface area contributed by atoms with Gasteiger partial charge >= 0.3 is 6.03 Å². The molecule has 6 heteroatoms. The lowest BCUT2D eigenvalue weighted by molar-refractivity contribution is -0.139. The molecule has 0 aromatic heterocycles. The summed E-state index contributed by atoms with van der Waals surface area (Å²) in [5, 5.41) is 13.5. The smallest absolute Gasteiger partial charge is 0.314 e. The average molecular weight is 187 g/mol. The fraction of sp³-hybridized carbons (Fsp3) is 0.714. The molecule has 1 heterocycles. The van der Waals surface area contributed by atoms with E-state index in [2.05, 4.69) is 10.6 Å². The lowest BCUT2D eigenvalue weighted by Gasteiger charge is -2.34. The summed E-state index contributed by atoms with van der Waals surface area (Å²) in [4.78, 5) is 22.0. The Labute approximate surface area is 75.6 Å². The zero-order valence-corrected chi connectivity index (χ0v) is 7.39. The van der Waals surface area contributed by atoms with Crippen molar-refractivity contribution in [3.05, 3.63) is 0 Å². The average Bonchev–Trinajstić information content (AvgIpc) is 2.18. The normalized spacial score (nSPS) is 20.0. The van der Waals surface area contributed by atoms with Crippen LogP contribution in [0.4, 0.5) is 4.79 Å². The highest BCUT2D eigenvalue weighted by molar-refractivity contribution is 5.85. The predicted molar refractivity (Wildman–Crippen MR) is 44.1 cm³/mol. The first-order chi connectivity index (χ1) is 6.14. The summed E-state index contributed by atoms with van der Waals surface area (Å²) in [6.07, 6.45) is 0.548. The molecule has 0 aromatic rings.